The first kappa shape index (κ1) is 27.3. The first-order valence-corrected chi connectivity index (χ1v) is 12.6. The van der Waals surface area contributed by atoms with Gasteiger partial charge in [-0.2, -0.15) is 9.97 Å². The molecule has 3 aromatic rings. The second-order valence-corrected chi connectivity index (χ2v) is 10.3. The fourth-order valence-corrected chi connectivity index (χ4v) is 5.79. The quantitative estimate of drug-likeness (QED) is 0.208. The number of alkyl halides is 1. The number of aliphatic hydroxyl groups is 1. The highest BCUT2D eigenvalue weighted by atomic mass is 31.2. The number of carbonyl (C=O) groups excluding carboxylic acids is 1. The van der Waals surface area contributed by atoms with Crippen molar-refractivity contribution in [2.24, 2.45) is 0 Å². The number of hydrogen-bond acceptors (Lipinski definition) is 11. The Balaban J connectivity index is 1.94. The van der Waals surface area contributed by atoms with Gasteiger partial charge in [0, 0.05) is 7.11 Å². The Bertz CT molecular complexity index is 1260. The zero-order valence-electron chi connectivity index (χ0n) is 20.2. The topological polar surface area (TPSA) is 190 Å². The van der Waals surface area contributed by atoms with E-state index in [1.807, 2.05) is 0 Å². The van der Waals surface area contributed by atoms with Crippen LogP contribution in [0.4, 0.5) is 16.2 Å². The molecule has 0 saturated carbocycles. The van der Waals surface area contributed by atoms with Gasteiger partial charge in [0.05, 0.1) is 25.7 Å². The number of para-hydroxylation sites is 1. The number of esters is 1. The summed E-state index contributed by atoms with van der Waals surface area (Å²) in [4.78, 5) is 23.8. The summed E-state index contributed by atoms with van der Waals surface area (Å²) in [6.07, 6.45) is -2.74. The van der Waals surface area contributed by atoms with Gasteiger partial charge in [0.15, 0.2) is 11.5 Å². The minimum atomic E-state index is -3.99. The number of halogens is 1. The average molecular weight is 525 g/mol. The number of nitrogens with one attached hydrogen (secondary N) is 1. The molecule has 5 atom stereocenters. The predicted octanol–water partition coefficient (Wildman–Crippen LogP) is 1.43. The zero-order chi connectivity index (χ0) is 26.7. The van der Waals surface area contributed by atoms with Gasteiger partial charge in [-0.15, -0.1) is 0 Å². The van der Waals surface area contributed by atoms with Crippen molar-refractivity contribution in [1.82, 2.24) is 24.6 Å². The molecule has 196 valence electrons. The lowest BCUT2D eigenvalue weighted by atomic mass is 10.1. The van der Waals surface area contributed by atoms with Gasteiger partial charge in [0.1, 0.15) is 23.4 Å². The minimum absolute atomic E-state index is 0.0555. The molecule has 1 unspecified atom stereocenters. The molecule has 0 bridgehead atoms. The summed E-state index contributed by atoms with van der Waals surface area (Å²) in [7, 11) is -1.60. The van der Waals surface area contributed by atoms with Crippen molar-refractivity contribution < 1.29 is 32.9 Å². The van der Waals surface area contributed by atoms with Crippen molar-refractivity contribution in [2.75, 3.05) is 31.8 Å². The van der Waals surface area contributed by atoms with Crippen molar-refractivity contribution in [1.29, 1.82) is 0 Å². The highest BCUT2D eigenvalue weighted by molar-refractivity contribution is 7.57. The Morgan fingerprint density at radius 2 is 1.94 bits per heavy atom. The van der Waals surface area contributed by atoms with E-state index in [-0.39, 0.29) is 28.7 Å². The highest BCUT2D eigenvalue weighted by Crippen LogP contribution is 2.46. The number of aliphatic hydroxyl groups excluding tert-OH is 1. The molecular weight excluding hydrogens is 496 g/mol. The molecule has 0 aliphatic heterocycles. The predicted molar refractivity (Wildman–Crippen MR) is 130 cm³/mol. The van der Waals surface area contributed by atoms with Crippen LogP contribution in [0.5, 0.6) is 5.75 Å². The van der Waals surface area contributed by atoms with Crippen LogP contribution in [0.1, 0.15) is 13.8 Å². The number of methoxy groups -OCH3 is 2. The van der Waals surface area contributed by atoms with E-state index in [0.717, 1.165) is 17.8 Å². The number of aromatic nitrogens is 4. The molecule has 3 rings (SSSR count). The number of anilines is 2. The Hall–Kier alpha value is -3.32. The number of carbonyl (C=O) groups is 1. The van der Waals surface area contributed by atoms with Crippen molar-refractivity contribution in [2.45, 2.75) is 37.9 Å². The van der Waals surface area contributed by atoms with Gasteiger partial charge in [0.25, 0.3) is 0 Å². The number of nitrogens with two attached hydrogens (primary N) is 2. The molecule has 1 aromatic carbocycles. The van der Waals surface area contributed by atoms with Gasteiger partial charge in [-0.3, -0.25) is 13.9 Å². The van der Waals surface area contributed by atoms with E-state index in [0.29, 0.717) is 0 Å². The maximum absolute atomic E-state index is 16.2. The number of ether oxygens (including phenoxy) is 2. The molecule has 0 saturated heterocycles. The second-order valence-electron chi connectivity index (χ2n) is 8.13. The van der Waals surface area contributed by atoms with Crippen molar-refractivity contribution in [3.05, 3.63) is 36.7 Å². The van der Waals surface area contributed by atoms with Gasteiger partial charge < -0.3 is 30.6 Å². The van der Waals surface area contributed by atoms with Crippen LogP contribution >= 0.6 is 7.52 Å². The monoisotopic (exact) mass is 525 g/mol. The molecule has 0 spiro atoms. The van der Waals surface area contributed by atoms with E-state index in [1.165, 1.54) is 21.1 Å². The largest absolute Gasteiger partial charge is 0.468 e. The average Bonchev–Trinajstić information content (AvgIpc) is 3.27. The highest BCUT2D eigenvalue weighted by Gasteiger charge is 2.45. The second kappa shape index (κ2) is 10.7. The minimum Gasteiger partial charge on any atom is -0.468 e. The van der Waals surface area contributed by atoms with E-state index in [4.69, 9.17) is 20.7 Å². The molecule has 0 aliphatic carbocycles. The van der Waals surface area contributed by atoms with Gasteiger partial charge in [0.2, 0.25) is 11.7 Å². The summed E-state index contributed by atoms with van der Waals surface area (Å²) in [5, 5.41) is 13.7. The molecule has 0 radical (unpaired) electrons. The summed E-state index contributed by atoms with van der Waals surface area (Å²) in [6.45, 7) is 2.49. The molecule has 2 aromatic heterocycles. The van der Waals surface area contributed by atoms with Gasteiger partial charge >= 0.3 is 13.5 Å². The molecule has 0 amide bonds. The van der Waals surface area contributed by atoms with Crippen LogP contribution in [0.25, 0.3) is 11.2 Å². The molecule has 36 heavy (non-hydrogen) atoms. The summed E-state index contributed by atoms with van der Waals surface area (Å²) >= 11 is 0. The fourth-order valence-electron chi connectivity index (χ4n) is 3.57. The zero-order valence-corrected chi connectivity index (χ0v) is 21.1. The number of rotatable bonds is 11. The summed E-state index contributed by atoms with van der Waals surface area (Å²) in [5.41, 5.74) is 11.5. The number of imidazole rings is 1. The van der Waals surface area contributed by atoms with Crippen molar-refractivity contribution >= 4 is 36.4 Å². The van der Waals surface area contributed by atoms with E-state index in [9.17, 15) is 14.5 Å². The molecule has 2 heterocycles. The number of fused-ring (bicyclic) bond motifs is 1. The lowest BCUT2D eigenvalue weighted by Crippen LogP contribution is -2.49. The van der Waals surface area contributed by atoms with Crippen LogP contribution in [-0.4, -0.2) is 69.2 Å². The lowest BCUT2D eigenvalue weighted by molar-refractivity contribution is -0.142. The van der Waals surface area contributed by atoms with Gasteiger partial charge in [-0.25, -0.2) is 14.5 Å². The fraction of sp³-hybridized carbons (Fsp3) is 0.429. The Kier molecular flexibility index (Phi) is 8.14. The smallest absolute Gasteiger partial charge is 0.323 e. The molecule has 0 aliphatic rings. The van der Waals surface area contributed by atoms with Gasteiger partial charge in [-0.05, 0) is 26.0 Å². The van der Waals surface area contributed by atoms with Crippen LogP contribution in [0.3, 0.4) is 0 Å². The molecule has 13 nitrogen and oxygen atoms in total. The van der Waals surface area contributed by atoms with E-state index in [1.54, 1.807) is 30.3 Å². The summed E-state index contributed by atoms with van der Waals surface area (Å²) in [5.74, 6) is -3.34. The number of hydrogen-bond donors (Lipinski definition) is 4. The molecule has 15 heteroatoms. The Morgan fingerprint density at radius 1 is 1.28 bits per heavy atom. The SMILES string of the molecule is COC(=O)[C@H](C)NP(=O)(C[C@@H](OC)[C@@H](O)[C@@](C)(F)n1cnc2c(N)nc(N)nc21)Oc1ccccc1. The molecule has 6 N–H and O–H groups in total. The van der Waals surface area contributed by atoms with Crippen molar-refractivity contribution in [3.63, 3.8) is 0 Å². The third-order valence-electron chi connectivity index (χ3n) is 5.47. The summed E-state index contributed by atoms with van der Waals surface area (Å²) < 4.78 is 46.7. The molecular formula is C21H29FN7O6P. The van der Waals surface area contributed by atoms with Crippen LogP contribution in [0, 0.1) is 0 Å². The number of nitrogen functional groups attached to an aromatic ring is 2. The first-order valence-electron chi connectivity index (χ1n) is 10.8. The number of benzene rings is 1. The van der Waals surface area contributed by atoms with E-state index < -0.39 is 43.7 Å². The summed E-state index contributed by atoms with van der Waals surface area (Å²) in [6, 6.07) is 7.12. The van der Waals surface area contributed by atoms with Gasteiger partial charge in [-0.1, -0.05) is 18.2 Å². The van der Waals surface area contributed by atoms with E-state index >= 15 is 4.39 Å². The van der Waals surface area contributed by atoms with E-state index in [2.05, 4.69) is 24.8 Å². The Labute approximate surface area is 206 Å². The third kappa shape index (κ3) is 5.73. The van der Waals surface area contributed by atoms with Crippen LogP contribution in [0.2, 0.25) is 0 Å². The van der Waals surface area contributed by atoms with Crippen LogP contribution < -0.4 is 21.1 Å². The van der Waals surface area contributed by atoms with Crippen LogP contribution in [0.15, 0.2) is 36.7 Å². The van der Waals surface area contributed by atoms with Crippen LogP contribution in [-0.2, 0) is 24.6 Å². The number of nitrogens with zero attached hydrogens (tertiary/aromatic N) is 4. The standard InChI is InChI=1S/C21H29FN7O6P/c1-12(19(31)34-4)28-36(32,35-13-8-6-5-7-9-13)10-14(33-3)16(30)21(2,22)29-11-25-15-17(23)26-20(24)27-18(15)29/h5-9,11-12,14,16,30H,10H2,1-4H3,(H,28,32)(H4,23,24,26,27)/t12-,14+,16+,21-,36?/m0/s1. The maximum atomic E-state index is 16.2. The maximum Gasteiger partial charge on any atom is 0.323 e. The first-order chi connectivity index (χ1) is 16.9. The molecule has 0 fully saturated rings. The van der Waals surface area contributed by atoms with Crippen molar-refractivity contribution in [3.8, 4) is 5.75 Å². The Morgan fingerprint density at radius 3 is 2.56 bits per heavy atom. The third-order valence-corrected chi connectivity index (χ3v) is 7.59. The lowest BCUT2D eigenvalue weighted by Gasteiger charge is -2.34. The normalized spacial score (nSPS) is 17.5.